The first-order valence-electron chi connectivity index (χ1n) is 10.7. The number of Topliss-reactive ketones (excluding diaryl/α,β-unsaturated/α-hetero) is 1. The first kappa shape index (κ1) is 23.3. The van der Waals surface area contributed by atoms with E-state index in [-0.39, 0.29) is 47.1 Å². The van der Waals surface area contributed by atoms with Crippen LogP contribution in [0.1, 0.15) is 65.1 Å². The Balaban J connectivity index is 1.88. The first-order valence-corrected chi connectivity index (χ1v) is 10.7. The lowest BCUT2D eigenvalue weighted by molar-refractivity contribution is -0.137. The van der Waals surface area contributed by atoms with Gasteiger partial charge in [0.2, 0.25) is 0 Å². The minimum Gasteiger partial charge on any atom is -0.381 e. The van der Waals surface area contributed by atoms with Crippen molar-refractivity contribution in [3.63, 3.8) is 0 Å². The lowest BCUT2D eigenvalue weighted by Crippen LogP contribution is -2.30. The summed E-state index contributed by atoms with van der Waals surface area (Å²) in [5, 5.41) is 3.10. The zero-order valence-electron chi connectivity index (χ0n) is 18.3. The third-order valence-corrected chi connectivity index (χ3v) is 6.16. The maximum absolute atomic E-state index is 15.0. The Hall–Kier alpha value is -2.88. The Bertz CT molecular complexity index is 1120. The van der Waals surface area contributed by atoms with Gasteiger partial charge in [0, 0.05) is 37.6 Å². The van der Waals surface area contributed by atoms with Crippen LogP contribution in [0.2, 0.25) is 0 Å². The molecule has 4 rings (SSSR count). The van der Waals surface area contributed by atoms with Crippen molar-refractivity contribution in [3.05, 3.63) is 46.5 Å². The SMILES string of the molecule is CC1(C)CC(=O)c2c(C(F)(F)F)cn(-c3cc(F)c(C(N)=O)c(NC4CCOCC4)c3)c2C1. The number of nitrogens with one attached hydrogen (secondary N) is 1. The van der Waals surface area contributed by atoms with Crippen LogP contribution in [-0.2, 0) is 17.3 Å². The fourth-order valence-electron chi connectivity index (χ4n) is 4.67. The number of alkyl halides is 3. The summed E-state index contributed by atoms with van der Waals surface area (Å²) in [5.74, 6) is -2.54. The Morgan fingerprint density at radius 2 is 1.88 bits per heavy atom. The molecular formula is C23H25F4N3O3. The van der Waals surface area contributed by atoms with Gasteiger partial charge in [-0.25, -0.2) is 4.39 Å². The van der Waals surface area contributed by atoms with Gasteiger partial charge in [0.05, 0.1) is 28.1 Å². The fourth-order valence-corrected chi connectivity index (χ4v) is 4.67. The van der Waals surface area contributed by atoms with E-state index in [1.165, 1.54) is 10.6 Å². The van der Waals surface area contributed by atoms with Crippen LogP contribution in [-0.4, -0.2) is 35.5 Å². The van der Waals surface area contributed by atoms with Gasteiger partial charge in [-0.15, -0.1) is 0 Å². The second-order valence-electron chi connectivity index (χ2n) is 9.42. The smallest absolute Gasteiger partial charge is 0.381 e. The molecule has 1 amide bonds. The Kier molecular flexibility index (Phi) is 5.76. The highest BCUT2D eigenvalue weighted by atomic mass is 19.4. The summed E-state index contributed by atoms with van der Waals surface area (Å²) >= 11 is 0. The van der Waals surface area contributed by atoms with Crippen molar-refractivity contribution in [2.24, 2.45) is 11.1 Å². The number of carbonyl (C=O) groups excluding carboxylic acids is 2. The quantitative estimate of drug-likeness (QED) is 0.650. The van der Waals surface area contributed by atoms with Crippen molar-refractivity contribution in [3.8, 4) is 5.69 Å². The van der Waals surface area contributed by atoms with Crippen molar-refractivity contribution in [2.75, 3.05) is 18.5 Å². The molecule has 1 aliphatic heterocycles. The summed E-state index contributed by atoms with van der Waals surface area (Å²) in [6.07, 6.45) is -2.50. The van der Waals surface area contributed by atoms with Gasteiger partial charge in [-0.1, -0.05) is 13.8 Å². The number of hydrogen-bond donors (Lipinski definition) is 2. The molecule has 1 aromatic heterocycles. The van der Waals surface area contributed by atoms with Gasteiger partial charge in [0.15, 0.2) is 5.78 Å². The van der Waals surface area contributed by atoms with Crippen LogP contribution in [0.15, 0.2) is 18.3 Å². The number of nitrogens with zero attached hydrogens (tertiary/aromatic N) is 1. The zero-order chi connectivity index (χ0) is 24.1. The number of rotatable bonds is 4. The number of ether oxygens (including phenoxy) is 1. The Morgan fingerprint density at radius 3 is 2.48 bits per heavy atom. The third-order valence-electron chi connectivity index (χ3n) is 6.16. The van der Waals surface area contributed by atoms with Crippen molar-refractivity contribution < 1.29 is 31.9 Å². The Morgan fingerprint density at radius 1 is 1.21 bits per heavy atom. The van der Waals surface area contributed by atoms with E-state index >= 15 is 4.39 Å². The number of anilines is 1. The molecule has 2 aromatic rings. The number of amides is 1. The number of nitrogens with two attached hydrogens (primary N) is 1. The monoisotopic (exact) mass is 467 g/mol. The van der Waals surface area contributed by atoms with Crippen LogP contribution in [0.5, 0.6) is 0 Å². The molecule has 33 heavy (non-hydrogen) atoms. The van der Waals surface area contributed by atoms with Gasteiger partial charge in [0.25, 0.3) is 5.91 Å². The van der Waals surface area contributed by atoms with Crippen LogP contribution < -0.4 is 11.1 Å². The molecule has 10 heteroatoms. The minimum atomic E-state index is -4.75. The minimum absolute atomic E-state index is 0.0153. The fraction of sp³-hybridized carbons (Fsp3) is 0.478. The second-order valence-corrected chi connectivity index (χ2v) is 9.42. The zero-order valence-corrected chi connectivity index (χ0v) is 18.3. The van der Waals surface area contributed by atoms with Crippen LogP contribution in [0.3, 0.4) is 0 Å². The lowest BCUT2D eigenvalue weighted by Gasteiger charge is -2.30. The summed E-state index contributed by atoms with van der Waals surface area (Å²) in [6, 6.07) is 2.27. The van der Waals surface area contributed by atoms with E-state index in [1.807, 2.05) is 0 Å². The van der Waals surface area contributed by atoms with Gasteiger partial charge in [-0.05, 0) is 36.8 Å². The van der Waals surface area contributed by atoms with E-state index in [0.717, 1.165) is 12.3 Å². The largest absolute Gasteiger partial charge is 0.418 e. The third kappa shape index (κ3) is 4.48. The second kappa shape index (κ2) is 8.16. The molecule has 2 heterocycles. The molecule has 0 spiro atoms. The molecule has 0 atom stereocenters. The van der Waals surface area contributed by atoms with Gasteiger partial charge in [-0.2, -0.15) is 13.2 Å². The number of primary amides is 1. The van der Waals surface area contributed by atoms with Gasteiger partial charge < -0.3 is 20.4 Å². The average Bonchev–Trinajstić information content (AvgIpc) is 3.07. The van der Waals surface area contributed by atoms with Crippen molar-refractivity contribution in [2.45, 2.75) is 51.7 Å². The highest BCUT2D eigenvalue weighted by molar-refractivity contribution is 6.01. The van der Waals surface area contributed by atoms with Crippen LogP contribution in [0, 0.1) is 11.2 Å². The van der Waals surface area contributed by atoms with Crippen LogP contribution in [0.4, 0.5) is 23.2 Å². The predicted octanol–water partition coefficient (Wildman–Crippen LogP) is 4.48. The van der Waals surface area contributed by atoms with E-state index in [9.17, 15) is 22.8 Å². The summed E-state index contributed by atoms with van der Waals surface area (Å²) in [4.78, 5) is 24.6. The molecule has 1 aromatic carbocycles. The molecule has 0 bridgehead atoms. The highest BCUT2D eigenvalue weighted by Crippen LogP contribution is 2.43. The van der Waals surface area contributed by atoms with Crippen molar-refractivity contribution in [1.29, 1.82) is 0 Å². The maximum atomic E-state index is 15.0. The molecule has 1 saturated heterocycles. The number of ketones is 1. The highest BCUT2D eigenvalue weighted by Gasteiger charge is 2.43. The van der Waals surface area contributed by atoms with E-state index in [4.69, 9.17) is 10.5 Å². The molecule has 0 unspecified atom stereocenters. The molecule has 0 radical (unpaired) electrons. The van der Waals surface area contributed by atoms with Crippen LogP contribution in [0.25, 0.3) is 5.69 Å². The topological polar surface area (TPSA) is 86.4 Å². The summed E-state index contributed by atoms with van der Waals surface area (Å²) < 4.78 is 62.9. The predicted molar refractivity (Wildman–Crippen MR) is 113 cm³/mol. The first-order chi connectivity index (χ1) is 15.4. The van der Waals surface area contributed by atoms with Crippen molar-refractivity contribution >= 4 is 17.4 Å². The molecular weight excluding hydrogens is 442 g/mol. The Labute approximate surface area is 188 Å². The van der Waals surface area contributed by atoms with E-state index < -0.39 is 34.7 Å². The summed E-state index contributed by atoms with van der Waals surface area (Å²) in [6.45, 7) is 4.58. The molecule has 178 valence electrons. The van der Waals surface area contributed by atoms with Crippen molar-refractivity contribution in [1.82, 2.24) is 4.57 Å². The molecule has 6 nitrogen and oxygen atoms in total. The number of halogens is 4. The molecule has 3 N–H and O–H groups in total. The number of benzene rings is 1. The van der Waals surface area contributed by atoms with Gasteiger partial charge in [-0.3, -0.25) is 9.59 Å². The van der Waals surface area contributed by atoms with Gasteiger partial charge in [0.1, 0.15) is 5.82 Å². The summed E-state index contributed by atoms with van der Waals surface area (Å²) in [5.41, 5.74) is 3.40. The number of hydrogen-bond acceptors (Lipinski definition) is 4. The maximum Gasteiger partial charge on any atom is 0.418 e. The van der Waals surface area contributed by atoms with Crippen LogP contribution >= 0.6 is 0 Å². The van der Waals surface area contributed by atoms with Gasteiger partial charge >= 0.3 is 6.18 Å². The number of carbonyl (C=O) groups is 2. The molecule has 1 fully saturated rings. The average molecular weight is 467 g/mol. The number of aromatic nitrogens is 1. The van der Waals surface area contributed by atoms with E-state index in [2.05, 4.69) is 5.32 Å². The molecule has 1 aliphatic carbocycles. The normalized spacial score (nSPS) is 18.8. The van der Waals surface area contributed by atoms with E-state index in [0.29, 0.717) is 26.1 Å². The summed E-state index contributed by atoms with van der Waals surface area (Å²) in [7, 11) is 0. The standard InChI is InChI=1S/C23H25F4N3O3/c1-22(2)9-17-19(18(31)10-22)14(23(25,26)27)11-30(17)13-7-15(24)20(21(28)32)16(8-13)29-12-3-5-33-6-4-12/h7-8,11-12,29H,3-6,9-10H2,1-2H3,(H2,28,32). The lowest BCUT2D eigenvalue weighted by atomic mass is 9.75. The van der Waals surface area contributed by atoms with E-state index in [1.54, 1.807) is 13.8 Å². The molecule has 0 saturated carbocycles. The molecule has 2 aliphatic rings. The number of fused-ring (bicyclic) bond motifs is 1.